The first-order valence-electron chi connectivity index (χ1n) is 9.77. The second kappa shape index (κ2) is 8.10. The van der Waals surface area contributed by atoms with Crippen molar-refractivity contribution in [3.63, 3.8) is 0 Å². The molecule has 0 unspecified atom stereocenters. The average Bonchev–Trinajstić information content (AvgIpc) is 3.09. The van der Waals surface area contributed by atoms with Gasteiger partial charge in [-0.15, -0.1) is 11.3 Å². The molecule has 0 radical (unpaired) electrons. The standard InChI is InChI=1S/C21H24N4OS/c22-15-17-7-5-9-23-20(17)24-10-12-25(13-11-24)21(26)19-14-16-6-3-1-2-4-8-18(16)27-19/h5,7,9,14H,1-4,6,8,10-13H2. The molecule has 1 aliphatic carbocycles. The predicted octanol–water partition coefficient (Wildman–Crippen LogP) is 3.64. The van der Waals surface area contributed by atoms with Crippen LogP contribution in [-0.2, 0) is 12.8 Å². The summed E-state index contributed by atoms with van der Waals surface area (Å²) in [5.41, 5.74) is 1.99. The Morgan fingerprint density at radius 1 is 1.11 bits per heavy atom. The average molecular weight is 381 g/mol. The van der Waals surface area contributed by atoms with Crippen LogP contribution in [0.15, 0.2) is 24.4 Å². The minimum Gasteiger partial charge on any atom is -0.352 e. The van der Waals surface area contributed by atoms with Gasteiger partial charge in [0.25, 0.3) is 5.91 Å². The van der Waals surface area contributed by atoms with Crippen LogP contribution in [0.2, 0.25) is 0 Å². The van der Waals surface area contributed by atoms with Crippen LogP contribution in [0.25, 0.3) is 0 Å². The van der Waals surface area contributed by atoms with Crippen molar-refractivity contribution in [3.8, 4) is 6.07 Å². The number of thiophene rings is 1. The number of nitrogens with zero attached hydrogens (tertiary/aromatic N) is 4. The van der Waals surface area contributed by atoms with E-state index in [1.54, 1.807) is 29.7 Å². The third-order valence-corrected chi connectivity index (χ3v) is 6.71. The smallest absolute Gasteiger partial charge is 0.264 e. The third kappa shape index (κ3) is 3.84. The van der Waals surface area contributed by atoms with Gasteiger partial charge in [-0.05, 0) is 49.4 Å². The van der Waals surface area contributed by atoms with E-state index in [-0.39, 0.29) is 5.91 Å². The maximum Gasteiger partial charge on any atom is 0.264 e. The van der Waals surface area contributed by atoms with Crippen LogP contribution in [0.1, 0.15) is 51.4 Å². The molecule has 3 heterocycles. The molecule has 1 fully saturated rings. The molecule has 0 aromatic carbocycles. The summed E-state index contributed by atoms with van der Waals surface area (Å²) in [6.45, 7) is 2.76. The van der Waals surface area contributed by atoms with Crippen LogP contribution in [0, 0.1) is 11.3 Å². The highest BCUT2D eigenvalue weighted by atomic mass is 32.1. The number of aryl methyl sites for hydroxylation is 2. The Morgan fingerprint density at radius 2 is 1.89 bits per heavy atom. The van der Waals surface area contributed by atoms with Crippen molar-refractivity contribution in [1.82, 2.24) is 9.88 Å². The second-order valence-corrected chi connectivity index (χ2v) is 8.38. The van der Waals surface area contributed by atoms with Gasteiger partial charge in [0.1, 0.15) is 11.9 Å². The quantitative estimate of drug-likeness (QED) is 0.798. The fourth-order valence-electron chi connectivity index (χ4n) is 3.96. The van der Waals surface area contributed by atoms with Gasteiger partial charge in [0.05, 0.1) is 10.4 Å². The van der Waals surface area contributed by atoms with Gasteiger partial charge in [-0.25, -0.2) is 4.98 Å². The molecule has 5 nitrogen and oxygen atoms in total. The zero-order valence-electron chi connectivity index (χ0n) is 15.5. The molecular weight excluding hydrogens is 356 g/mol. The molecule has 0 N–H and O–H groups in total. The normalized spacial score (nSPS) is 17.6. The molecule has 1 aliphatic heterocycles. The van der Waals surface area contributed by atoms with Gasteiger partial charge in [-0.3, -0.25) is 4.79 Å². The van der Waals surface area contributed by atoms with Crippen molar-refractivity contribution in [2.24, 2.45) is 0 Å². The van der Waals surface area contributed by atoms with E-state index in [1.807, 2.05) is 4.90 Å². The molecule has 27 heavy (non-hydrogen) atoms. The number of piperazine rings is 1. The Kier molecular flexibility index (Phi) is 5.40. The number of nitriles is 1. The van der Waals surface area contributed by atoms with Gasteiger partial charge in [0.15, 0.2) is 0 Å². The Balaban J connectivity index is 1.43. The number of fused-ring (bicyclic) bond motifs is 1. The molecule has 0 atom stereocenters. The number of rotatable bonds is 2. The summed E-state index contributed by atoms with van der Waals surface area (Å²) in [6, 6.07) is 7.93. The molecule has 1 saturated heterocycles. The minimum atomic E-state index is 0.160. The lowest BCUT2D eigenvalue weighted by molar-refractivity contribution is 0.0751. The maximum absolute atomic E-state index is 13.0. The van der Waals surface area contributed by atoms with Crippen LogP contribution in [0.5, 0.6) is 0 Å². The van der Waals surface area contributed by atoms with Crippen molar-refractivity contribution in [2.45, 2.75) is 38.5 Å². The van der Waals surface area contributed by atoms with Crippen LogP contribution < -0.4 is 4.90 Å². The number of aromatic nitrogens is 1. The fraction of sp³-hybridized carbons (Fsp3) is 0.476. The van der Waals surface area contributed by atoms with Crippen molar-refractivity contribution in [1.29, 1.82) is 5.26 Å². The van der Waals surface area contributed by atoms with Gasteiger partial charge < -0.3 is 9.80 Å². The molecule has 0 saturated carbocycles. The zero-order chi connectivity index (χ0) is 18.6. The number of carbonyl (C=O) groups excluding carboxylic acids is 1. The molecular formula is C21H24N4OS. The van der Waals surface area contributed by atoms with E-state index >= 15 is 0 Å². The maximum atomic E-state index is 13.0. The summed E-state index contributed by atoms with van der Waals surface area (Å²) in [4.78, 5) is 23.7. The van der Waals surface area contributed by atoms with E-state index in [2.05, 4.69) is 22.0 Å². The van der Waals surface area contributed by atoms with Gasteiger partial charge in [0, 0.05) is 37.3 Å². The number of anilines is 1. The monoisotopic (exact) mass is 380 g/mol. The summed E-state index contributed by atoms with van der Waals surface area (Å²) < 4.78 is 0. The van der Waals surface area contributed by atoms with Crippen LogP contribution in [0.4, 0.5) is 5.82 Å². The van der Waals surface area contributed by atoms with Crippen LogP contribution in [-0.4, -0.2) is 42.0 Å². The summed E-state index contributed by atoms with van der Waals surface area (Å²) >= 11 is 1.70. The van der Waals surface area contributed by atoms with Crippen molar-refractivity contribution < 1.29 is 4.79 Å². The van der Waals surface area contributed by atoms with E-state index in [0.29, 0.717) is 31.7 Å². The van der Waals surface area contributed by atoms with Gasteiger partial charge in [-0.2, -0.15) is 5.26 Å². The van der Waals surface area contributed by atoms with Crippen molar-refractivity contribution >= 4 is 23.1 Å². The lowest BCUT2D eigenvalue weighted by Gasteiger charge is -2.35. The molecule has 1 amide bonds. The van der Waals surface area contributed by atoms with E-state index in [1.165, 1.54) is 36.1 Å². The highest BCUT2D eigenvalue weighted by molar-refractivity contribution is 7.14. The summed E-state index contributed by atoms with van der Waals surface area (Å²) in [5.74, 6) is 0.888. The largest absolute Gasteiger partial charge is 0.352 e. The molecule has 4 rings (SSSR count). The van der Waals surface area contributed by atoms with Crippen LogP contribution >= 0.6 is 11.3 Å². The minimum absolute atomic E-state index is 0.160. The SMILES string of the molecule is N#Cc1cccnc1N1CCN(C(=O)c2cc3c(s2)CCCCCC3)CC1. The van der Waals surface area contributed by atoms with Gasteiger partial charge in [0.2, 0.25) is 0 Å². The fourth-order valence-corrected chi connectivity index (χ4v) is 5.18. The van der Waals surface area contributed by atoms with Gasteiger partial charge >= 0.3 is 0 Å². The van der Waals surface area contributed by atoms with Crippen molar-refractivity contribution in [3.05, 3.63) is 45.3 Å². The molecule has 140 valence electrons. The second-order valence-electron chi connectivity index (χ2n) is 7.24. The van der Waals surface area contributed by atoms with E-state index in [4.69, 9.17) is 0 Å². The molecule has 6 heteroatoms. The lowest BCUT2D eigenvalue weighted by atomic mass is 10.00. The first-order valence-corrected chi connectivity index (χ1v) is 10.6. The molecule has 2 aromatic rings. The number of pyridine rings is 1. The zero-order valence-corrected chi connectivity index (χ0v) is 16.3. The first kappa shape index (κ1) is 18.0. The summed E-state index contributed by atoms with van der Waals surface area (Å²) in [6.07, 6.45) is 9.04. The van der Waals surface area contributed by atoms with E-state index in [9.17, 15) is 10.1 Å². The summed E-state index contributed by atoms with van der Waals surface area (Å²) in [7, 11) is 0. The molecule has 0 spiro atoms. The van der Waals surface area contributed by atoms with Crippen LogP contribution in [0.3, 0.4) is 0 Å². The lowest BCUT2D eigenvalue weighted by Crippen LogP contribution is -2.49. The Labute approximate surface area is 164 Å². The third-order valence-electron chi connectivity index (χ3n) is 5.48. The number of hydrogen-bond donors (Lipinski definition) is 0. The van der Waals surface area contributed by atoms with E-state index < -0.39 is 0 Å². The number of amides is 1. The topological polar surface area (TPSA) is 60.2 Å². The van der Waals surface area contributed by atoms with Gasteiger partial charge in [-0.1, -0.05) is 12.8 Å². The summed E-state index contributed by atoms with van der Waals surface area (Å²) in [5, 5.41) is 9.28. The Hall–Kier alpha value is -2.39. The Bertz CT molecular complexity index is 836. The Morgan fingerprint density at radius 3 is 2.67 bits per heavy atom. The highest BCUT2D eigenvalue weighted by Gasteiger charge is 2.26. The predicted molar refractivity (Wildman–Crippen MR) is 107 cm³/mol. The molecule has 2 aliphatic rings. The van der Waals surface area contributed by atoms with Crippen molar-refractivity contribution in [2.75, 3.05) is 31.1 Å². The van der Waals surface area contributed by atoms with E-state index in [0.717, 1.165) is 23.5 Å². The number of hydrogen-bond acceptors (Lipinski definition) is 5. The highest BCUT2D eigenvalue weighted by Crippen LogP contribution is 2.29. The first-order chi connectivity index (χ1) is 13.3. The number of carbonyl (C=O) groups is 1. The molecule has 2 aromatic heterocycles. The molecule has 0 bridgehead atoms.